The molecule has 1 heterocycles. The summed E-state index contributed by atoms with van der Waals surface area (Å²) in [6.45, 7) is 9.07. The molecule has 0 radical (unpaired) electrons. The van der Waals surface area contributed by atoms with Gasteiger partial charge >= 0.3 is 6.09 Å². The van der Waals surface area contributed by atoms with Crippen molar-refractivity contribution in [3.05, 3.63) is 0 Å². The van der Waals surface area contributed by atoms with Gasteiger partial charge in [-0.1, -0.05) is 6.92 Å². The molecule has 1 aliphatic rings. The Bertz CT molecular complexity index is 365. The molecule has 6 heteroatoms. The number of carbonyl (C=O) groups is 2. The lowest BCUT2D eigenvalue weighted by atomic mass is 9.88. The summed E-state index contributed by atoms with van der Waals surface area (Å²) in [5.41, 5.74) is 4.18. The Morgan fingerprint density at radius 2 is 2.05 bits per heavy atom. The molecule has 0 saturated carbocycles. The van der Waals surface area contributed by atoms with Gasteiger partial charge in [0.05, 0.1) is 6.54 Å². The highest BCUT2D eigenvalue weighted by atomic mass is 16.6. The number of hydrogen-bond donors (Lipinski definition) is 2. The van der Waals surface area contributed by atoms with Crippen LogP contribution in [-0.2, 0) is 9.53 Å². The minimum Gasteiger partial charge on any atom is -0.444 e. The number of likely N-dealkylation sites (tertiary alicyclic amines) is 1. The van der Waals surface area contributed by atoms with E-state index in [2.05, 4.69) is 5.32 Å². The summed E-state index contributed by atoms with van der Waals surface area (Å²) in [6, 6.07) is 0. The van der Waals surface area contributed by atoms with Crippen molar-refractivity contribution in [1.29, 1.82) is 0 Å². The zero-order valence-electron chi connectivity index (χ0n) is 13.0. The monoisotopic (exact) mass is 285 g/mol. The van der Waals surface area contributed by atoms with Gasteiger partial charge in [0, 0.05) is 6.54 Å². The lowest BCUT2D eigenvalue weighted by Gasteiger charge is -2.41. The summed E-state index contributed by atoms with van der Waals surface area (Å²) < 4.78 is 5.36. The van der Waals surface area contributed by atoms with Crippen LogP contribution in [0.3, 0.4) is 0 Å². The summed E-state index contributed by atoms with van der Waals surface area (Å²) in [7, 11) is 0. The van der Waals surface area contributed by atoms with E-state index in [-0.39, 0.29) is 12.6 Å². The number of nitrogens with two attached hydrogens (primary N) is 1. The minimum absolute atomic E-state index is 0.275. The number of hydrogen-bond acceptors (Lipinski definition) is 4. The Kier molecular flexibility index (Phi) is 5.39. The molecule has 6 nitrogen and oxygen atoms in total. The molecule has 1 aliphatic heterocycles. The molecule has 0 spiro atoms. The van der Waals surface area contributed by atoms with Crippen LogP contribution in [0.1, 0.15) is 47.0 Å². The van der Waals surface area contributed by atoms with Crippen molar-refractivity contribution >= 4 is 12.0 Å². The number of rotatable bonds is 4. The zero-order valence-corrected chi connectivity index (χ0v) is 13.0. The van der Waals surface area contributed by atoms with Crippen LogP contribution in [0.15, 0.2) is 0 Å². The molecule has 116 valence electrons. The molecule has 1 unspecified atom stereocenters. The molecule has 0 aromatic rings. The third-order valence-electron chi connectivity index (χ3n) is 3.33. The van der Waals surface area contributed by atoms with Gasteiger partial charge in [0.1, 0.15) is 11.1 Å². The normalized spacial score (nSPS) is 23.5. The number of amides is 2. The maximum absolute atomic E-state index is 12.1. The minimum atomic E-state index is -0.828. The average Bonchev–Trinajstić information content (AvgIpc) is 2.34. The maximum Gasteiger partial charge on any atom is 0.410 e. The first-order valence-corrected chi connectivity index (χ1v) is 7.23. The van der Waals surface area contributed by atoms with Gasteiger partial charge in [-0.2, -0.15) is 0 Å². The van der Waals surface area contributed by atoms with Crippen molar-refractivity contribution < 1.29 is 14.3 Å². The van der Waals surface area contributed by atoms with Crippen molar-refractivity contribution in [3.63, 3.8) is 0 Å². The summed E-state index contributed by atoms with van der Waals surface area (Å²) in [6.07, 6.45) is 1.91. The molecule has 0 bridgehead atoms. The molecular formula is C14H27N3O3. The first kappa shape index (κ1) is 16.8. The van der Waals surface area contributed by atoms with E-state index in [4.69, 9.17) is 10.5 Å². The van der Waals surface area contributed by atoms with Gasteiger partial charge in [-0.3, -0.25) is 4.79 Å². The molecule has 0 aliphatic carbocycles. The number of nitrogens with one attached hydrogen (secondary N) is 1. The van der Waals surface area contributed by atoms with Crippen molar-refractivity contribution in [2.75, 3.05) is 19.6 Å². The van der Waals surface area contributed by atoms with Gasteiger partial charge in [0.25, 0.3) is 0 Å². The van der Waals surface area contributed by atoms with Crippen LogP contribution in [0.5, 0.6) is 0 Å². The van der Waals surface area contributed by atoms with Crippen LogP contribution in [-0.4, -0.2) is 47.7 Å². The third-order valence-corrected chi connectivity index (χ3v) is 3.33. The standard InChI is InChI=1S/C14H27N3O3/c1-5-8-16-14(11(15)18)7-6-9-17(10-14)12(19)20-13(2,3)4/h16H,5-10H2,1-4H3,(H2,15,18). The van der Waals surface area contributed by atoms with Gasteiger partial charge < -0.3 is 20.7 Å². The van der Waals surface area contributed by atoms with Crippen LogP contribution >= 0.6 is 0 Å². The number of primary amides is 1. The first-order valence-electron chi connectivity index (χ1n) is 7.23. The second kappa shape index (κ2) is 6.43. The lowest BCUT2D eigenvalue weighted by Crippen LogP contribution is -2.65. The van der Waals surface area contributed by atoms with Crippen molar-refractivity contribution in [1.82, 2.24) is 10.2 Å². The van der Waals surface area contributed by atoms with Crippen molar-refractivity contribution in [2.24, 2.45) is 5.73 Å². The van der Waals surface area contributed by atoms with Crippen LogP contribution in [0, 0.1) is 0 Å². The van der Waals surface area contributed by atoms with Crippen molar-refractivity contribution in [2.45, 2.75) is 58.1 Å². The number of ether oxygens (including phenoxy) is 1. The predicted octanol–water partition coefficient (Wildman–Crippen LogP) is 1.24. The van der Waals surface area contributed by atoms with Gasteiger partial charge in [0.2, 0.25) is 5.91 Å². The molecule has 1 saturated heterocycles. The Morgan fingerprint density at radius 1 is 1.40 bits per heavy atom. The van der Waals surface area contributed by atoms with E-state index in [1.807, 2.05) is 27.7 Å². The van der Waals surface area contributed by atoms with E-state index in [1.165, 1.54) is 0 Å². The molecule has 3 N–H and O–H groups in total. The third kappa shape index (κ3) is 4.37. The summed E-state index contributed by atoms with van der Waals surface area (Å²) in [4.78, 5) is 25.5. The number of carbonyl (C=O) groups excluding carboxylic acids is 2. The topological polar surface area (TPSA) is 84.7 Å². The van der Waals surface area contributed by atoms with Gasteiger partial charge in [-0.15, -0.1) is 0 Å². The Morgan fingerprint density at radius 3 is 2.55 bits per heavy atom. The SMILES string of the molecule is CCCNC1(C(N)=O)CCCN(C(=O)OC(C)(C)C)C1. The van der Waals surface area contributed by atoms with E-state index in [9.17, 15) is 9.59 Å². The van der Waals surface area contributed by atoms with E-state index in [0.717, 1.165) is 12.8 Å². The van der Waals surface area contributed by atoms with E-state index < -0.39 is 17.0 Å². The average molecular weight is 285 g/mol. The lowest BCUT2D eigenvalue weighted by molar-refractivity contribution is -0.126. The van der Waals surface area contributed by atoms with Crippen LogP contribution in [0.25, 0.3) is 0 Å². The highest BCUT2D eigenvalue weighted by Crippen LogP contribution is 2.23. The molecule has 1 rings (SSSR count). The van der Waals surface area contributed by atoms with Gasteiger partial charge in [-0.05, 0) is 46.6 Å². The van der Waals surface area contributed by atoms with Gasteiger partial charge in [0.15, 0.2) is 0 Å². The van der Waals surface area contributed by atoms with Crippen molar-refractivity contribution in [3.8, 4) is 0 Å². The summed E-state index contributed by atoms with van der Waals surface area (Å²) in [5.74, 6) is -0.404. The molecule has 1 atom stereocenters. The molecular weight excluding hydrogens is 258 g/mol. The van der Waals surface area contributed by atoms with E-state index in [0.29, 0.717) is 19.5 Å². The fourth-order valence-corrected chi connectivity index (χ4v) is 2.33. The van der Waals surface area contributed by atoms with Crippen LogP contribution in [0.4, 0.5) is 4.79 Å². The number of nitrogens with zero attached hydrogens (tertiary/aromatic N) is 1. The summed E-state index contributed by atoms with van der Waals surface area (Å²) >= 11 is 0. The van der Waals surface area contributed by atoms with E-state index in [1.54, 1.807) is 4.90 Å². The Labute approximate surface area is 121 Å². The molecule has 1 fully saturated rings. The second-order valence-corrected chi connectivity index (χ2v) is 6.38. The molecule has 0 aromatic heterocycles. The molecule has 0 aromatic carbocycles. The highest BCUT2D eigenvalue weighted by Gasteiger charge is 2.42. The molecule has 2 amide bonds. The second-order valence-electron chi connectivity index (χ2n) is 6.38. The van der Waals surface area contributed by atoms with E-state index >= 15 is 0 Å². The van der Waals surface area contributed by atoms with Gasteiger partial charge in [-0.25, -0.2) is 4.79 Å². The smallest absolute Gasteiger partial charge is 0.410 e. The quantitative estimate of drug-likeness (QED) is 0.814. The Hall–Kier alpha value is -1.30. The maximum atomic E-state index is 12.1. The predicted molar refractivity (Wildman–Crippen MR) is 77.3 cm³/mol. The Balaban J connectivity index is 2.77. The fourth-order valence-electron chi connectivity index (χ4n) is 2.33. The fraction of sp³-hybridized carbons (Fsp3) is 0.857. The highest BCUT2D eigenvalue weighted by molar-refractivity contribution is 5.86. The van der Waals surface area contributed by atoms with Crippen LogP contribution in [0.2, 0.25) is 0 Å². The summed E-state index contributed by atoms with van der Waals surface area (Å²) in [5, 5.41) is 3.21. The first-order chi connectivity index (χ1) is 9.20. The largest absolute Gasteiger partial charge is 0.444 e. The molecule has 20 heavy (non-hydrogen) atoms. The number of piperidine rings is 1. The zero-order chi connectivity index (χ0) is 15.4. The van der Waals surface area contributed by atoms with Crippen LogP contribution < -0.4 is 11.1 Å².